The van der Waals surface area contributed by atoms with Crippen LogP contribution in [0.3, 0.4) is 0 Å². The Morgan fingerprint density at radius 1 is 1.13 bits per heavy atom. The number of hydrogen-bond acceptors (Lipinski definition) is 3. The molecule has 0 saturated carbocycles. The predicted molar refractivity (Wildman–Crippen MR) is 65.7 cm³/mol. The van der Waals surface area contributed by atoms with Crippen molar-refractivity contribution >= 4 is 17.9 Å². The molecule has 0 atom stereocenters. The third kappa shape index (κ3) is 1.49. The molecule has 2 aromatic rings. The highest BCUT2D eigenvalue weighted by Gasteiger charge is 2.20. The molecule has 0 radical (unpaired) electrons. The molecule has 0 heterocycles. The molecule has 0 aliphatic heterocycles. The van der Waals surface area contributed by atoms with E-state index in [-0.39, 0.29) is 5.43 Å². The van der Waals surface area contributed by atoms with Crippen LogP contribution in [0, 0.1) is 4.51 Å². The molecule has 0 N–H and O–H groups in total. The van der Waals surface area contributed by atoms with Gasteiger partial charge in [0.05, 0.1) is 10.2 Å². The van der Waals surface area contributed by atoms with Crippen molar-refractivity contribution in [1.82, 2.24) is 0 Å². The Hall–Kier alpha value is -1.48. The van der Waals surface area contributed by atoms with Gasteiger partial charge in [-0.25, -0.2) is 0 Å². The summed E-state index contributed by atoms with van der Waals surface area (Å²) < 4.78 is 0.449. The summed E-state index contributed by atoms with van der Waals surface area (Å²) in [6.45, 7) is 0. The van der Waals surface area contributed by atoms with Crippen LogP contribution in [0.15, 0.2) is 35.1 Å². The first-order valence-electron chi connectivity index (χ1n) is 4.69. The van der Waals surface area contributed by atoms with E-state index in [4.69, 9.17) is 12.2 Å². The molecule has 76 valence electrons. The number of nitrogens with zero attached hydrogens (tertiary/aromatic N) is 1. The minimum absolute atomic E-state index is 0.0196. The summed E-state index contributed by atoms with van der Waals surface area (Å²) in [6, 6.07) is 9.78. The highest BCUT2D eigenvalue weighted by atomic mass is 32.1. The first-order chi connectivity index (χ1) is 7.13. The molecule has 2 aromatic carbocycles. The van der Waals surface area contributed by atoms with Crippen LogP contribution in [0.2, 0.25) is 0 Å². The standard InChI is InChI=1S/C12H11NOS/c1-13(2)10-9(12(15)11(10)14)8-6-4-3-5-7-8/h3-7H,1-2H3. The van der Waals surface area contributed by atoms with E-state index in [0.29, 0.717) is 10.2 Å². The smallest absolute Gasteiger partial charge is 0.221 e. The molecular formula is C12H11NOS. The van der Waals surface area contributed by atoms with Crippen LogP contribution >= 0.6 is 12.2 Å². The van der Waals surface area contributed by atoms with Gasteiger partial charge in [-0.2, -0.15) is 0 Å². The summed E-state index contributed by atoms with van der Waals surface area (Å²) in [7, 11) is 3.72. The maximum atomic E-state index is 11.5. The second-order valence-corrected chi connectivity index (χ2v) is 4.05. The van der Waals surface area contributed by atoms with Gasteiger partial charge in [-0.15, -0.1) is 0 Å². The fourth-order valence-electron chi connectivity index (χ4n) is 1.68. The Morgan fingerprint density at radius 2 is 1.73 bits per heavy atom. The van der Waals surface area contributed by atoms with Crippen LogP contribution in [0.5, 0.6) is 0 Å². The van der Waals surface area contributed by atoms with Crippen molar-refractivity contribution in [2.45, 2.75) is 0 Å². The summed E-state index contributed by atoms with van der Waals surface area (Å²) in [6.07, 6.45) is 0. The average Bonchev–Trinajstić information content (AvgIpc) is 2.25. The van der Waals surface area contributed by atoms with Crippen LogP contribution < -0.4 is 10.3 Å². The van der Waals surface area contributed by atoms with Gasteiger partial charge in [-0.3, -0.25) is 4.79 Å². The van der Waals surface area contributed by atoms with Crippen molar-refractivity contribution in [2.24, 2.45) is 0 Å². The molecule has 0 bridgehead atoms. The normalized spacial score (nSPS) is 10.5. The minimum atomic E-state index is -0.0196. The van der Waals surface area contributed by atoms with E-state index in [9.17, 15) is 4.79 Å². The molecule has 0 fully saturated rings. The first-order valence-corrected chi connectivity index (χ1v) is 5.10. The van der Waals surface area contributed by atoms with E-state index < -0.39 is 0 Å². The van der Waals surface area contributed by atoms with Crippen LogP contribution in [-0.4, -0.2) is 14.1 Å². The molecule has 0 saturated heterocycles. The monoisotopic (exact) mass is 217 g/mol. The molecule has 0 aliphatic carbocycles. The lowest BCUT2D eigenvalue weighted by Gasteiger charge is -2.19. The lowest BCUT2D eigenvalue weighted by molar-refractivity contribution is 1.10. The Kier molecular flexibility index (Phi) is 2.40. The van der Waals surface area contributed by atoms with E-state index in [2.05, 4.69) is 0 Å². The SMILES string of the molecule is CN(C)c1c(-c2ccccc2)c(=S)c1=O. The molecule has 3 heteroatoms. The van der Waals surface area contributed by atoms with Crippen molar-refractivity contribution in [2.75, 3.05) is 19.0 Å². The van der Waals surface area contributed by atoms with Crippen molar-refractivity contribution in [3.05, 3.63) is 45.1 Å². The Bertz CT molecular complexity index is 550. The molecule has 0 spiro atoms. The predicted octanol–water partition coefficient (Wildman–Crippen LogP) is 2.38. The zero-order chi connectivity index (χ0) is 11.0. The molecule has 2 nitrogen and oxygen atoms in total. The van der Waals surface area contributed by atoms with Gasteiger partial charge in [0.1, 0.15) is 0 Å². The average molecular weight is 217 g/mol. The van der Waals surface area contributed by atoms with Gasteiger partial charge < -0.3 is 4.90 Å². The Balaban J connectivity index is 2.61. The summed E-state index contributed by atoms with van der Waals surface area (Å²) >= 11 is 5.07. The van der Waals surface area contributed by atoms with Crippen LogP contribution in [0.25, 0.3) is 11.1 Å². The van der Waals surface area contributed by atoms with Crippen LogP contribution in [-0.2, 0) is 0 Å². The van der Waals surface area contributed by atoms with E-state index in [1.165, 1.54) is 0 Å². The molecule has 0 aliphatic rings. The third-order valence-corrected chi connectivity index (χ3v) is 2.78. The van der Waals surface area contributed by atoms with Gasteiger partial charge in [0, 0.05) is 19.7 Å². The highest BCUT2D eigenvalue weighted by Crippen LogP contribution is 2.30. The zero-order valence-corrected chi connectivity index (χ0v) is 9.47. The van der Waals surface area contributed by atoms with Crippen molar-refractivity contribution in [3.63, 3.8) is 0 Å². The lowest BCUT2D eigenvalue weighted by Crippen LogP contribution is -2.25. The minimum Gasteiger partial charge on any atom is -0.374 e. The second kappa shape index (κ2) is 3.59. The molecule has 2 rings (SSSR count). The van der Waals surface area contributed by atoms with Crippen molar-refractivity contribution in [1.29, 1.82) is 0 Å². The third-order valence-electron chi connectivity index (χ3n) is 2.39. The van der Waals surface area contributed by atoms with Crippen LogP contribution in [0.4, 0.5) is 5.69 Å². The van der Waals surface area contributed by atoms with Gasteiger partial charge in [0.25, 0.3) is 0 Å². The number of hydrogen-bond donors (Lipinski definition) is 0. The topological polar surface area (TPSA) is 20.3 Å². The Labute approximate surface area is 93.5 Å². The van der Waals surface area contributed by atoms with E-state index in [1.807, 2.05) is 49.3 Å². The highest BCUT2D eigenvalue weighted by molar-refractivity contribution is 7.71. The quantitative estimate of drug-likeness (QED) is 0.720. The summed E-state index contributed by atoms with van der Waals surface area (Å²) in [5.74, 6) is 0. The molecule has 15 heavy (non-hydrogen) atoms. The van der Waals surface area contributed by atoms with Gasteiger partial charge in [0.2, 0.25) is 5.43 Å². The van der Waals surface area contributed by atoms with Gasteiger partial charge in [-0.05, 0) is 5.56 Å². The van der Waals surface area contributed by atoms with E-state index in [0.717, 1.165) is 11.1 Å². The Morgan fingerprint density at radius 3 is 2.27 bits per heavy atom. The van der Waals surface area contributed by atoms with Crippen LogP contribution in [0.1, 0.15) is 0 Å². The van der Waals surface area contributed by atoms with E-state index in [1.54, 1.807) is 0 Å². The molecule has 0 amide bonds. The summed E-state index contributed by atoms with van der Waals surface area (Å²) in [5, 5.41) is 0. The first kappa shape index (κ1) is 10.1. The fourth-order valence-corrected chi connectivity index (χ4v) is 1.99. The largest absolute Gasteiger partial charge is 0.374 e. The van der Waals surface area contributed by atoms with Crippen molar-refractivity contribution in [3.8, 4) is 11.1 Å². The lowest BCUT2D eigenvalue weighted by atomic mass is 9.99. The molecular weight excluding hydrogens is 206 g/mol. The van der Waals surface area contributed by atoms with Gasteiger partial charge in [-0.1, -0.05) is 42.5 Å². The zero-order valence-electron chi connectivity index (χ0n) is 8.65. The fraction of sp³-hybridized carbons (Fsp3) is 0.167. The summed E-state index contributed by atoms with van der Waals surface area (Å²) in [4.78, 5) is 13.4. The maximum absolute atomic E-state index is 11.5. The number of benzene rings is 1. The number of anilines is 1. The van der Waals surface area contributed by atoms with Gasteiger partial charge in [0.15, 0.2) is 0 Å². The van der Waals surface area contributed by atoms with Crippen molar-refractivity contribution < 1.29 is 0 Å². The van der Waals surface area contributed by atoms with E-state index >= 15 is 0 Å². The summed E-state index contributed by atoms with van der Waals surface area (Å²) in [5.41, 5.74) is 2.62. The molecule has 0 aromatic heterocycles. The maximum Gasteiger partial charge on any atom is 0.221 e. The second-order valence-electron chi connectivity index (χ2n) is 3.64. The molecule has 0 unspecified atom stereocenters. The number of rotatable bonds is 2. The van der Waals surface area contributed by atoms with Gasteiger partial charge >= 0.3 is 0 Å².